The van der Waals surface area contributed by atoms with E-state index in [1.54, 1.807) is 0 Å². The second-order valence-electron chi connectivity index (χ2n) is 7.49. The summed E-state index contributed by atoms with van der Waals surface area (Å²) in [6.45, 7) is 2.25. The van der Waals surface area contributed by atoms with E-state index < -0.39 is 0 Å². The van der Waals surface area contributed by atoms with Gasteiger partial charge in [0.05, 0.1) is 0 Å². The average Bonchev–Trinajstić information content (AvgIpc) is 2.90. The van der Waals surface area contributed by atoms with Crippen molar-refractivity contribution in [1.29, 1.82) is 0 Å². The number of hydrogen-bond donors (Lipinski definition) is 1. The van der Waals surface area contributed by atoms with Crippen molar-refractivity contribution in [3.63, 3.8) is 0 Å². The van der Waals surface area contributed by atoms with Crippen LogP contribution in [0.1, 0.15) is 30.4 Å². The maximum absolute atomic E-state index is 6.34. The van der Waals surface area contributed by atoms with Gasteiger partial charge in [0, 0.05) is 29.4 Å². The van der Waals surface area contributed by atoms with Crippen molar-refractivity contribution in [2.45, 2.75) is 32.3 Å². The number of ether oxygens (including phenoxy) is 1. The first-order chi connectivity index (χ1) is 14.2. The number of anilines is 1. The molecule has 1 aliphatic carbocycles. The number of allylic oxidation sites excluding steroid dienone is 5. The Hall–Kier alpha value is -2.49. The molecule has 2 aliphatic rings. The molecule has 2 aromatic rings. The molecule has 0 unspecified atom stereocenters. The summed E-state index contributed by atoms with van der Waals surface area (Å²) in [6, 6.07) is 16.5. The number of rotatable bonds is 7. The summed E-state index contributed by atoms with van der Waals surface area (Å²) in [5, 5.41) is 0.773. The lowest BCUT2D eigenvalue weighted by atomic mass is 10.0. The van der Waals surface area contributed by atoms with Crippen LogP contribution >= 0.6 is 11.6 Å². The van der Waals surface area contributed by atoms with Crippen LogP contribution in [0, 0.1) is 0 Å². The molecule has 4 rings (SSSR count). The van der Waals surface area contributed by atoms with Gasteiger partial charge in [0.25, 0.3) is 0 Å². The first-order valence-corrected chi connectivity index (χ1v) is 10.7. The second kappa shape index (κ2) is 9.34. The molecule has 3 nitrogen and oxygen atoms in total. The predicted molar refractivity (Wildman–Crippen MR) is 121 cm³/mol. The van der Waals surface area contributed by atoms with Crippen LogP contribution in [0.2, 0.25) is 5.02 Å². The zero-order chi connectivity index (χ0) is 20.1. The smallest absolute Gasteiger partial charge is 0.113 e. The van der Waals surface area contributed by atoms with E-state index in [4.69, 9.17) is 22.1 Å². The van der Waals surface area contributed by atoms with Gasteiger partial charge >= 0.3 is 0 Å². The molecule has 2 N–H and O–H groups in total. The fourth-order valence-electron chi connectivity index (χ4n) is 3.88. The summed E-state index contributed by atoms with van der Waals surface area (Å²) in [7, 11) is 0. The summed E-state index contributed by atoms with van der Waals surface area (Å²) in [5.74, 6) is 1.01. The standard InChI is InChI=1S/C25H27ClN2O/c26-22-11-10-20-8-9-21-16-23(29-18-19-6-2-1-3-7-19)12-13-24(21)28(25(20)17-22)15-5-4-14-27/h1-3,6-7,9-13,17H,4-5,8,14-16,18,27H2. The van der Waals surface area contributed by atoms with E-state index in [0.29, 0.717) is 6.61 Å². The Morgan fingerprint density at radius 2 is 1.90 bits per heavy atom. The molecule has 0 aromatic heterocycles. The molecular formula is C25H27ClN2O. The molecule has 0 atom stereocenters. The molecule has 0 spiro atoms. The minimum Gasteiger partial charge on any atom is -0.493 e. The number of unbranched alkanes of at least 4 members (excludes halogenated alkanes) is 1. The first-order valence-electron chi connectivity index (χ1n) is 10.3. The van der Waals surface area contributed by atoms with Crippen molar-refractivity contribution in [2.75, 3.05) is 18.0 Å². The van der Waals surface area contributed by atoms with Crippen LogP contribution in [0.4, 0.5) is 5.69 Å². The highest BCUT2D eigenvalue weighted by Gasteiger charge is 2.24. The van der Waals surface area contributed by atoms with Crippen LogP contribution in [-0.4, -0.2) is 13.1 Å². The van der Waals surface area contributed by atoms with Gasteiger partial charge in [-0.3, -0.25) is 0 Å². The summed E-state index contributed by atoms with van der Waals surface area (Å²) in [5.41, 5.74) is 12.0. The van der Waals surface area contributed by atoms with Gasteiger partial charge in [-0.25, -0.2) is 0 Å². The molecule has 1 aliphatic heterocycles. The van der Waals surface area contributed by atoms with Crippen LogP contribution in [0.3, 0.4) is 0 Å². The molecule has 0 saturated heterocycles. The Labute approximate surface area is 178 Å². The SMILES string of the molecule is NCCCCN1C2=CC=C(OCc3ccccc3)CC2=CCc2ccc(Cl)cc21. The lowest BCUT2D eigenvalue weighted by Gasteiger charge is -2.31. The zero-order valence-electron chi connectivity index (χ0n) is 16.6. The minimum absolute atomic E-state index is 0.596. The van der Waals surface area contributed by atoms with Gasteiger partial charge in [-0.15, -0.1) is 0 Å². The van der Waals surface area contributed by atoms with Crippen molar-refractivity contribution < 1.29 is 4.74 Å². The van der Waals surface area contributed by atoms with Gasteiger partial charge in [-0.2, -0.15) is 0 Å². The van der Waals surface area contributed by atoms with Crippen molar-refractivity contribution in [3.8, 4) is 0 Å². The molecular weight excluding hydrogens is 380 g/mol. The molecule has 1 heterocycles. The van der Waals surface area contributed by atoms with Gasteiger partial charge in [0.1, 0.15) is 12.4 Å². The zero-order valence-corrected chi connectivity index (χ0v) is 17.4. The Kier molecular flexibility index (Phi) is 6.38. The molecule has 0 bridgehead atoms. The van der Waals surface area contributed by atoms with E-state index in [1.165, 1.54) is 28.1 Å². The topological polar surface area (TPSA) is 38.5 Å². The molecule has 0 radical (unpaired) electrons. The van der Waals surface area contributed by atoms with Gasteiger partial charge in [0.2, 0.25) is 0 Å². The largest absolute Gasteiger partial charge is 0.493 e. The summed E-state index contributed by atoms with van der Waals surface area (Å²) in [6.07, 6.45) is 10.4. The summed E-state index contributed by atoms with van der Waals surface area (Å²) < 4.78 is 6.11. The highest BCUT2D eigenvalue weighted by Crippen LogP contribution is 2.38. The molecule has 0 amide bonds. The third-order valence-electron chi connectivity index (χ3n) is 5.42. The second-order valence-corrected chi connectivity index (χ2v) is 7.93. The van der Waals surface area contributed by atoms with E-state index in [-0.39, 0.29) is 0 Å². The van der Waals surface area contributed by atoms with E-state index in [1.807, 2.05) is 24.3 Å². The highest BCUT2D eigenvalue weighted by molar-refractivity contribution is 6.30. The fraction of sp³-hybridized carbons (Fsp3) is 0.280. The molecule has 29 heavy (non-hydrogen) atoms. The van der Waals surface area contributed by atoms with Gasteiger partial charge in [-0.05, 0) is 66.8 Å². The molecule has 0 fully saturated rings. The van der Waals surface area contributed by atoms with Crippen LogP contribution in [0.25, 0.3) is 0 Å². The number of nitrogens with zero attached hydrogens (tertiary/aromatic N) is 1. The lowest BCUT2D eigenvalue weighted by Crippen LogP contribution is -2.26. The van der Waals surface area contributed by atoms with Crippen LogP contribution in [-0.2, 0) is 17.8 Å². The van der Waals surface area contributed by atoms with Crippen molar-refractivity contribution in [2.24, 2.45) is 5.73 Å². The number of fused-ring (bicyclic) bond motifs is 2. The average molecular weight is 407 g/mol. The van der Waals surface area contributed by atoms with E-state index in [0.717, 1.165) is 49.6 Å². The van der Waals surface area contributed by atoms with E-state index in [9.17, 15) is 0 Å². The van der Waals surface area contributed by atoms with Crippen LogP contribution in [0.5, 0.6) is 0 Å². The van der Waals surface area contributed by atoms with Crippen molar-refractivity contribution in [1.82, 2.24) is 0 Å². The third-order valence-corrected chi connectivity index (χ3v) is 5.66. The number of benzene rings is 2. The maximum Gasteiger partial charge on any atom is 0.113 e. The lowest BCUT2D eigenvalue weighted by molar-refractivity contribution is 0.192. The van der Waals surface area contributed by atoms with Crippen molar-refractivity contribution >= 4 is 17.3 Å². The Bertz CT molecular complexity index is 947. The Morgan fingerprint density at radius 3 is 2.72 bits per heavy atom. The maximum atomic E-state index is 6.34. The van der Waals surface area contributed by atoms with Crippen LogP contribution < -0.4 is 10.6 Å². The van der Waals surface area contributed by atoms with E-state index in [2.05, 4.69) is 47.4 Å². The van der Waals surface area contributed by atoms with Crippen LogP contribution in [0.15, 0.2) is 83.8 Å². The van der Waals surface area contributed by atoms with Gasteiger partial charge < -0.3 is 15.4 Å². The normalized spacial score (nSPS) is 15.5. The molecule has 150 valence electrons. The van der Waals surface area contributed by atoms with Gasteiger partial charge in [0.15, 0.2) is 0 Å². The Balaban J connectivity index is 1.58. The molecule has 2 aromatic carbocycles. The number of hydrogen-bond acceptors (Lipinski definition) is 3. The van der Waals surface area contributed by atoms with E-state index >= 15 is 0 Å². The monoisotopic (exact) mass is 406 g/mol. The summed E-state index contributed by atoms with van der Waals surface area (Å²) >= 11 is 6.34. The summed E-state index contributed by atoms with van der Waals surface area (Å²) in [4.78, 5) is 2.40. The number of nitrogens with two attached hydrogens (primary N) is 1. The minimum atomic E-state index is 0.596. The van der Waals surface area contributed by atoms with Gasteiger partial charge in [-0.1, -0.05) is 54.1 Å². The fourth-order valence-corrected chi connectivity index (χ4v) is 4.05. The predicted octanol–water partition coefficient (Wildman–Crippen LogP) is 5.76. The number of halogens is 1. The molecule has 0 saturated carbocycles. The molecule has 4 heteroatoms. The quantitative estimate of drug-likeness (QED) is 0.594. The Morgan fingerprint density at radius 1 is 1.03 bits per heavy atom. The third kappa shape index (κ3) is 4.75. The first kappa shape index (κ1) is 19.8. The highest BCUT2D eigenvalue weighted by atomic mass is 35.5. The van der Waals surface area contributed by atoms with Crippen molar-refractivity contribution in [3.05, 3.63) is 99.9 Å².